The summed E-state index contributed by atoms with van der Waals surface area (Å²) in [5.41, 5.74) is -0.333. The number of hydrogen-bond donors (Lipinski definition) is 1. The van der Waals surface area contributed by atoms with Crippen molar-refractivity contribution in [3.8, 4) is 0 Å². The molecule has 13 heavy (non-hydrogen) atoms. The molecule has 2 bridgehead atoms. The molecule has 1 aliphatic carbocycles. The van der Waals surface area contributed by atoms with Crippen LogP contribution in [0.1, 0.15) is 12.8 Å². The first kappa shape index (κ1) is 9.34. The molecular formula is C9H15F2NO. The monoisotopic (exact) mass is 191 g/mol. The number of fused-ring (bicyclic) bond motifs is 1. The van der Waals surface area contributed by atoms with E-state index >= 15 is 0 Å². The highest BCUT2D eigenvalue weighted by Gasteiger charge is 2.55. The average molecular weight is 191 g/mol. The summed E-state index contributed by atoms with van der Waals surface area (Å²) >= 11 is 0. The van der Waals surface area contributed by atoms with Crippen LogP contribution in [-0.2, 0) is 0 Å². The lowest BCUT2D eigenvalue weighted by molar-refractivity contribution is 0.0286. The van der Waals surface area contributed by atoms with Crippen LogP contribution in [0.5, 0.6) is 0 Å². The molecule has 3 rings (SSSR count). The maximum absolute atomic E-state index is 12.7. The molecule has 1 unspecified atom stereocenters. The van der Waals surface area contributed by atoms with Crippen LogP contribution in [0.25, 0.3) is 0 Å². The van der Waals surface area contributed by atoms with Gasteiger partial charge in [-0.25, -0.2) is 8.78 Å². The van der Waals surface area contributed by atoms with Gasteiger partial charge >= 0.3 is 0 Å². The molecule has 4 heteroatoms. The lowest BCUT2D eigenvalue weighted by Gasteiger charge is -2.40. The van der Waals surface area contributed by atoms with E-state index in [0.717, 1.165) is 19.4 Å². The van der Waals surface area contributed by atoms with E-state index in [1.54, 1.807) is 0 Å². The fourth-order valence-electron chi connectivity index (χ4n) is 2.67. The second-order valence-corrected chi connectivity index (χ2v) is 4.35. The molecule has 2 nitrogen and oxygen atoms in total. The van der Waals surface area contributed by atoms with Gasteiger partial charge in [-0.15, -0.1) is 0 Å². The highest BCUT2D eigenvalue weighted by Crippen LogP contribution is 2.50. The maximum atomic E-state index is 12.7. The second kappa shape index (κ2) is 3.17. The van der Waals surface area contributed by atoms with Gasteiger partial charge in [0.25, 0.3) is 0 Å². The normalized spacial score (nSPS) is 40.4. The fourth-order valence-corrected chi connectivity index (χ4v) is 2.67. The van der Waals surface area contributed by atoms with E-state index in [2.05, 4.69) is 0 Å². The number of halogens is 2. The van der Waals surface area contributed by atoms with Gasteiger partial charge in [-0.3, -0.25) is 4.90 Å². The van der Waals surface area contributed by atoms with Crippen LogP contribution in [0, 0.1) is 5.92 Å². The van der Waals surface area contributed by atoms with Gasteiger partial charge in [0, 0.05) is 13.1 Å². The Morgan fingerprint density at radius 3 is 2.69 bits per heavy atom. The van der Waals surface area contributed by atoms with Crippen molar-refractivity contribution in [3.05, 3.63) is 0 Å². The lowest BCUT2D eigenvalue weighted by atomic mass is 9.74. The van der Waals surface area contributed by atoms with Gasteiger partial charge in [-0.1, -0.05) is 0 Å². The minimum absolute atomic E-state index is 0.289. The SMILES string of the molecule is OC(CF)CN1CC2CC1(CF)C2. The van der Waals surface area contributed by atoms with Gasteiger partial charge in [-0.05, 0) is 18.8 Å². The smallest absolute Gasteiger partial charge is 0.117 e. The lowest BCUT2D eigenvalue weighted by Crippen LogP contribution is -2.50. The summed E-state index contributed by atoms with van der Waals surface area (Å²) in [6.45, 7) is 0.0317. The number of aliphatic hydroxyl groups excluding tert-OH is 1. The van der Waals surface area contributed by atoms with Crippen molar-refractivity contribution in [1.29, 1.82) is 0 Å². The highest BCUT2D eigenvalue weighted by atomic mass is 19.1. The Labute approximate surface area is 76.5 Å². The molecule has 1 atom stereocenters. The van der Waals surface area contributed by atoms with Gasteiger partial charge in [0.1, 0.15) is 13.3 Å². The first-order valence-corrected chi connectivity index (χ1v) is 4.75. The van der Waals surface area contributed by atoms with Crippen LogP contribution in [0.2, 0.25) is 0 Å². The Hall–Kier alpha value is -0.220. The zero-order valence-corrected chi connectivity index (χ0v) is 7.55. The predicted octanol–water partition coefficient (Wildman–Crippen LogP) is 0.751. The largest absolute Gasteiger partial charge is 0.389 e. The minimum atomic E-state index is -0.942. The molecule has 1 saturated carbocycles. The molecule has 0 radical (unpaired) electrons. The number of aliphatic hydroxyl groups is 1. The number of nitrogens with zero attached hydrogens (tertiary/aromatic N) is 1. The summed E-state index contributed by atoms with van der Waals surface area (Å²) in [6.07, 6.45) is 0.841. The van der Waals surface area contributed by atoms with E-state index in [1.807, 2.05) is 4.90 Å². The van der Waals surface area contributed by atoms with Gasteiger partial charge in [0.15, 0.2) is 0 Å². The Morgan fingerprint density at radius 1 is 1.46 bits per heavy atom. The standard InChI is InChI=1S/C9H15F2NO/c10-3-8(13)5-12-4-7-1-9(12,2-7)6-11/h7-8,13H,1-6H2. The molecule has 0 spiro atoms. The Kier molecular flexibility index (Phi) is 2.28. The topological polar surface area (TPSA) is 23.5 Å². The summed E-state index contributed by atoms with van der Waals surface area (Å²) in [5.74, 6) is 0.586. The Morgan fingerprint density at radius 2 is 2.15 bits per heavy atom. The van der Waals surface area contributed by atoms with Gasteiger partial charge < -0.3 is 5.11 Å². The van der Waals surface area contributed by atoms with E-state index in [4.69, 9.17) is 5.11 Å². The molecule has 2 aliphatic heterocycles. The van der Waals surface area contributed by atoms with Gasteiger partial charge in [-0.2, -0.15) is 0 Å². The average Bonchev–Trinajstić information content (AvgIpc) is 2.57. The van der Waals surface area contributed by atoms with Gasteiger partial charge in [0.2, 0.25) is 0 Å². The van der Waals surface area contributed by atoms with Crippen LogP contribution >= 0.6 is 0 Å². The fraction of sp³-hybridized carbons (Fsp3) is 1.00. The summed E-state index contributed by atoms with van der Waals surface area (Å²) in [7, 11) is 0. The summed E-state index contributed by atoms with van der Waals surface area (Å²) in [4.78, 5) is 1.92. The molecule has 0 aromatic carbocycles. The quantitative estimate of drug-likeness (QED) is 0.709. The first-order chi connectivity index (χ1) is 6.20. The number of hydrogen-bond acceptors (Lipinski definition) is 2. The van der Waals surface area contributed by atoms with E-state index < -0.39 is 12.8 Å². The summed E-state index contributed by atoms with van der Waals surface area (Å²) in [6, 6.07) is 0. The first-order valence-electron chi connectivity index (χ1n) is 4.75. The van der Waals surface area contributed by atoms with E-state index in [1.165, 1.54) is 0 Å². The predicted molar refractivity (Wildman–Crippen MR) is 45.0 cm³/mol. The zero-order chi connectivity index (χ0) is 9.47. The molecule has 0 aromatic heterocycles. The third-order valence-corrected chi connectivity index (χ3v) is 3.34. The third kappa shape index (κ3) is 1.36. The molecule has 0 amide bonds. The van der Waals surface area contributed by atoms with Crippen LogP contribution in [0.3, 0.4) is 0 Å². The molecule has 3 fully saturated rings. The highest BCUT2D eigenvalue weighted by molar-refractivity contribution is 5.10. The van der Waals surface area contributed by atoms with Crippen molar-refractivity contribution in [3.63, 3.8) is 0 Å². The van der Waals surface area contributed by atoms with Crippen LogP contribution in [-0.4, -0.2) is 48.1 Å². The summed E-state index contributed by atoms with van der Waals surface area (Å²) in [5, 5.41) is 9.13. The summed E-state index contributed by atoms with van der Waals surface area (Å²) < 4.78 is 24.7. The Balaban J connectivity index is 1.93. The van der Waals surface area contributed by atoms with Crippen LogP contribution in [0.4, 0.5) is 8.78 Å². The van der Waals surface area contributed by atoms with Crippen molar-refractivity contribution in [2.75, 3.05) is 26.4 Å². The van der Waals surface area contributed by atoms with E-state index in [-0.39, 0.29) is 18.8 Å². The third-order valence-electron chi connectivity index (χ3n) is 3.34. The molecule has 0 aromatic rings. The van der Waals surface area contributed by atoms with Crippen molar-refractivity contribution < 1.29 is 13.9 Å². The zero-order valence-electron chi connectivity index (χ0n) is 7.55. The molecule has 2 heterocycles. The number of β-amino-alcohol motifs (C(OH)–C–C–N with tert-alkyl or cyclic N) is 1. The van der Waals surface area contributed by atoms with Crippen molar-refractivity contribution >= 4 is 0 Å². The molecule has 3 aliphatic rings. The Bertz CT molecular complexity index is 194. The van der Waals surface area contributed by atoms with Crippen LogP contribution < -0.4 is 0 Å². The van der Waals surface area contributed by atoms with Crippen molar-refractivity contribution in [2.45, 2.75) is 24.5 Å². The van der Waals surface area contributed by atoms with Crippen LogP contribution in [0.15, 0.2) is 0 Å². The molecule has 2 saturated heterocycles. The van der Waals surface area contributed by atoms with Crippen molar-refractivity contribution in [1.82, 2.24) is 4.90 Å². The molecular weight excluding hydrogens is 176 g/mol. The van der Waals surface area contributed by atoms with E-state index in [0.29, 0.717) is 5.92 Å². The van der Waals surface area contributed by atoms with E-state index in [9.17, 15) is 8.78 Å². The second-order valence-electron chi connectivity index (χ2n) is 4.35. The van der Waals surface area contributed by atoms with Crippen molar-refractivity contribution in [2.24, 2.45) is 5.92 Å². The minimum Gasteiger partial charge on any atom is -0.389 e. The number of rotatable bonds is 4. The van der Waals surface area contributed by atoms with Gasteiger partial charge in [0.05, 0.1) is 11.6 Å². The number of alkyl halides is 2. The maximum Gasteiger partial charge on any atom is 0.117 e. The molecule has 1 N–H and O–H groups in total. The molecule has 76 valence electrons.